The number of aromatic hydroxyl groups is 1. The SMILES string of the molecule is Cl.Nc1c(F)ccc([C@@H](N)C2CCCC2)c1O. The minimum absolute atomic E-state index is 0. The third-order valence-electron chi connectivity index (χ3n) is 3.46. The van der Waals surface area contributed by atoms with Crippen LogP contribution >= 0.6 is 12.4 Å². The van der Waals surface area contributed by atoms with Crippen molar-refractivity contribution in [2.75, 3.05) is 5.73 Å². The molecular formula is C12H18ClFN2O. The molecule has 1 fully saturated rings. The fourth-order valence-corrected chi connectivity index (χ4v) is 2.44. The summed E-state index contributed by atoms with van der Waals surface area (Å²) < 4.78 is 13.1. The van der Waals surface area contributed by atoms with Gasteiger partial charge in [0, 0.05) is 11.6 Å². The van der Waals surface area contributed by atoms with Crippen molar-refractivity contribution in [2.45, 2.75) is 31.7 Å². The van der Waals surface area contributed by atoms with Gasteiger partial charge in [-0.1, -0.05) is 18.9 Å². The van der Waals surface area contributed by atoms with Gasteiger partial charge in [-0.25, -0.2) is 4.39 Å². The Morgan fingerprint density at radius 2 is 1.88 bits per heavy atom. The number of nitrogen functional groups attached to an aromatic ring is 1. The molecule has 5 N–H and O–H groups in total. The van der Waals surface area contributed by atoms with E-state index in [1.54, 1.807) is 0 Å². The van der Waals surface area contributed by atoms with Crippen LogP contribution in [0.5, 0.6) is 5.75 Å². The summed E-state index contributed by atoms with van der Waals surface area (Å²) in [6, 6.07) is 2.55. The Morgan fingerprint density at radius 3 is 2.47 bits per heavy atom. The van der Waals surface area contributed by atoms with Crippen molar-refractivity contribution in [3.05, 3.63) is 23.5 Å². The van der Waals surface area contributed by atoms with Gasteiger partial charge in [-0.2, -0.15) is 0 Å². The van der Waals surface area contributed by atoms with Gasteiger partial charge >= 0.3 is 0 Å². The van der Waals surface area contributed by atoms with Crippen LogP contribution in [-0.4, -0.2) is 5.11 Å². The van der Waals surface area contributed by atoms with E-state index in [0.29, 0.717) is 11.5 Å². The Labute approximate surface area is 106 Å². The van der Waals surface area contributed by atoms with Gasteiger partial charge in [0.05, 0.1) is 0 Å². The number of rotatable bonds is 2. The molecule has 0 amide bonds. The van der Waals surface area contributed by atoms with Crippen molar-refractivity contribution >= 4 is 18.1 Å². The molecule has 0 saturated heterocycles. The average molecular weight is 261 g/mol. The molecule has 1 aliphatic rings. The normalized spacial score (nSPS) is 17.8. The first kappa shape index (κ1) is 14.1. The van der Waals surface area contributed by atoms with Gasteiger partial charge in [0.25, 0.3) is 0 Å². The van der Waals surface area contributed by atoms with E-state index in [2.05, 4.69) is 0 Å². The van der Waals surface area contributed by atoms with Crippen molar-refractivity contribution < 1.29 is 9.50 Å². The first-order valence-corrected chi connectivity index (χ1v) is 5.63. The topological polar surface area (TPSA) is 72.3 Å². The lowest BCUT2D eigenvalue weighted by molar-refractivity contribution is 0.411. The highest BCUT2D eigenvalue weighted by Gasteiger charge is 2.26. The zero-order chi connectivity index (χ0) is 11.7. The maximum atomic E-state index is 13.1. The van der Waals surface area contributed by atoms with Gasteiger partial charge < -0.3 is 16.6 Å². The van der Waals surface area contributed by atoms with Crippen LogP contribution in [0.2, 0.25) is 0 Å². The zero-order valence-corrected chi connectivity index (χ0v) is 10.3. The molecule has 1 aromatic carbocycles. The molecule has 2 rings (SSSR count). The van der Waals surface area contributed by atoms with Crippen LogP contribution in [0.1, 0.15) is 37.3 Å². The van der Waals surface area contributed by atoms with Crippen molar-refractivity contribution in [3.8, 4) is 5.75 Å². The number of phenols is 1. The van der Waals surface area contributed by atoms with Crippen LogP contribution in [0.15, 0.2) is 12.1 Å². The van der Waals surface area contributed by atoms with E-state index in [9.17, 15) is 9.50 Å². The van der Waals surface area contributed by atoms with Gasteiger partial charge in [0.2, 0.25) is 0 Å². The van der Waals surface area contributed by atoms with Gasteiger partial charge in [0.15, 0.2) is 0 Å². The van der Waals surface area contributed by atoms with E-state index in [4.69, 9.17) is 11.5 Å². The summed E-state index contributed by atoms with van der Waals surface area (Å²) in [5.74, 6) is -0.421. The summed E-state index contributed by atoms with van der Waals surface area (Å²) in [7, 11) is 0. The highest BCUT2D eigenvalue weighted by molar-refractivity contribution is 5.85. The molecule has 1 aliphatic carbocycles. The Kier molecular flexibility index (Phi) is 4.60. The summed E-state index contributed by atoms with van der Waals surface area (Å²) >= 11 is 0. The number of hydrogen-bond acceptors (Lipinski definition) is 3. The van der Waals surface area contributed by atoms with E-state index >= 15 is 0 Å². The van der Waals surface area contributed by atoms with E-state index in [1.807, 2.05) is 0 Å². The zero-order valence-electron chi connectivity index (χ0n) is 9.53. The molecule has 0 spiro atoms. The minimum Gasteiger partial charge on any atom is -0.505 e. The lowest BCUT2D eigenvalue weighted by Gasteiger charge is -2.20. The predicted molar refractivity (Wildman–Crippen MR) is 68.6 cm³/mol. The first-order chi connectivity index (χ1) is 7.61. The van der Waals surface area contributed by atoms with Crippen LogP contribution in [0.4, 0.5) is 10.1 Å². The highest BCUT2D eigenvalue weighted by atomic mass is 35.5. The molecule has 0 radical (unpaired) electrons. The summed E-state index contributed by atoms with van der Waals surface area (Å²) in [5, 5.41) is 9.76. The fourth-order valence-electron chi connectivity index (χ4n) is 2.44. The maximum Gasteiger partial charge on any atom is 0.149 e. The van der Waals surface area contributed by atoms with Crippen LogP contribution in [0.25, 0.3) is 0 Å². The van der Waals surface area contributed by atoms with Gasteiger partial charge in [-0.3, -0.25) is 0 Å². The second-order valence-electron chi connectivity index (χ2n) is 4.47. The summed E-state index contributed by atoms with van der Waals surface area (Å²) in [4.78, 5) is 0. The third kappa shape index (κ3) is 2.64. The lowest BCUT2D eigenvalue weighted by atomic mass is 9.91. The number of hydrogen-bond donors (Lipinski definition) is 3. The van der Waals surface area contributed by atoms with Crippen LogP contribution in [-0.2, 0) is 0 Å². The summed E-state index contributed by atoms with van der Waals surface area (Å²) in [6.45, 7) is 0. The van der Waals surface area contributed by atoms with E-state index in [-0.39, 0.29) is 29.9 Å². The monoisotopic (exact) mass is 260 g/mol. The second-order valence-corrected chi connectivity index (χ2v) is 4.47. The highest BCUT2D eigenvalue weighted by Crippen LogP contribution is 2.39. The number of phenolic OH excluding ortho intramolecular Hbond substituents is 1. The van der Waals surface area contributed by atoms with E-state index in [0.717, 1.165) is 12.8 Å². The van der Waals surface area contributed by atoms with Crippen molar-refractivity contribution in [1.82, 2.24) is 0 Å². The van der Waals surface area contributed by atoms with Gasteiger partial charge in [0.1, 0.15) is 17.3 Å². The maximum absolute atomic E-state index is 13.1. The minimum atomic E-state index is -0.597. The Morgan fingerprint density at radius 1 is 1.29 bits per heavy atom. The molecule has 0 unspecified atom stereocenters. The molecule has 1 aromatic rings. The molecule has 0 aliphatic heterocycles. The van der Waals surface area contributed by atoms with Crippen LogP contribution in [0.3, 0.4) is 0 Å². The number of nitrogens with two attached hydrogens (primary N) is 2. The smallest absolute Gasteiger partial charge is 0.149 e. The molecule has 1 saturated carbocycles. The molecule has 0 aromatic heterocycles. The Balaban J connectivity index is 0.00000144. The summed E-state index contributed by atoms with van der Waals surface area (Å²) in [6.07, 6.45) is 4.49. The molecule has 3 nitrogen and oxygen atoms in total. The van der Waals surface area contributed by atoms with Crippen LogP contribution < -0.4 is 11.5 Å². The average Bonchev–Trinajstić information content (AvgIpc) is 2.79. The lowest BCUT2D eigenvalue weighted by Crippen LogP contribution is -2.19. The van der Waals surface area contributed by atoms with Crippen molar-refractivity contribution in [2.24, 2.45) is 11.7 Å². The number of anilines is 1. The molecule has 1 atom stereocenters. The van der Waals surface area contributed by atoms with Crippen molar-refractivity contribution in [3.63, 3.8) is 0 Å². The molecular weight excluding hydrogens is 243 g/mol. The fraction of sp³-hybridized carbons (Fsp3) is 0.500. The van der Waals surface area contributed by atoms with E-state index in [1.165, 1.54) is 25.0 Å². The molecule has 5 heteroatoms. The van der Waals surface area contributed by atoms with Gasteiger partial charge in [-0.05, 0) is 24.8 Å². The molecule has 96 valence electrons. The molecule has 0 bridgehead atoms. The third-order valence-corrected chi connectivity index (χ3v) is 3.46. The quantitative estimate of drug-likeness (QED) is 0.566. The van der Waals surface area contributed by atoms with Gasteiger partial charge in [-0.15, -0.1) is 12.4 Å². The Hall–Kier alpha value is -1.00. The summed E-state index contributed by atoms with van der Waals surface area (Å²) in [5.41, 5.74) is 11.9. The molecule has 0 heterocycles. The first-order valence-electron chi connectivity index (χ1n) is 5.63. The van der Waals surface area contributed by atoms with E-state index < -0.39 is 5.82 Å². The number of halogens is 2. The molecule has 17 heavy (non-hydrogen) atoms. The number of benzene rings is 1. The van der Waals surface area contributed by atoms with Crippen molar-refractivity contribution in [1.29, 1.82) is 0 Å². The Bertz CT molecular complexity index is 394. The standard InChI is InChI=1S/C12H17FN2O.ClH/c13-9-6-5-8(12(16)11(9)15)10(14)7-3-1-2-4-7;/h5-7,10,16H,1-4,14-15H2;1H/t10-;/m0./s1. The second kappa shape index (κ2) is 5.56. The largest absolute Gasteiger partial charge is 0.505 e. The van der Waals surface area contributed by atoms with Crippen LogP contribution in [0, 0.1) is 11.7 Å². The predicted octanol–water partition coefficient (Wildman–Crippen LogP) is 2.73.